The maximum Gasteiger partial charge on any atom is 0.269 e. The summed E-state index contributed by atoms with van der Waals surface area (Å²) in [5, 5.41) is 18.0. The molecule has 0 unspecified atom stereocenters. The molecule has 5 aromatic carbocycles. The maximum absolute atomic E-state index is 10.8. The van der Waals surface area contributed by atoms with Gasteiger partial charge in [-0.25, -0.2) is 0 Å². The molecule has 0 bridgehead atoms. The van der Waals surface area contributed by atoms with Gasteiger partial charge in [0.05, 0.1) is 10.6 Å². The van der Waals surface area contributed by atoms with Crippen molar-refractivity contribution in [1.82, 2.24) is 0 Å². The summed E-state index contributed by atoms with van der Waals surface area (Å²) in [7, 11) is 0. The molecule has 0 fully saturated rings. The van der Waals surface area contributed by atoms with Crippen LogP contribution in [0.25, 0.3) is 32.3 Å². The number of aliphatic imine (C=N–C) groups is 1. The molecule has 0 aliphatic carbocycles. The Morgan fingerprint density at radius 1 is 0.741 bits per heavy atom. The number of nitro benzene ring substituents is 1. The zero-order chi connectivity index (χ0) is 18.4. The third-order valence-electron chi connectivity index (χ3n) is 4.96. The van der Waals surface area contributed by atoms with E-state index in [-0.39, 0.29) is 5.69 Å². The molecule has 4 heteroatoms. The molecule has 5 aromatic rings. The van der Waals surface area contributed by atoms with E-state index in [1.54, 1.807) is 18.3 Å². The molecular formula is C23H14N2O2. The van der Waals surface area contributed by atoms with Crippen LogP contribution in [0.3, 0.4) is 0 Å². The van der Waals surface area contributed by atoms with Gasteiger partial charge in [0.2, 0.25) is 0 Å². The van der Waals surface area contributed by atoms with Crippen molar-refractivity contribution in [1.29, 1.82) is 0 Å². The van der Waals surface area contributed by atoms with Gasteiger partial charge in [0.25, 0.3) is 5.69 Å². The lowest BCUT2D eigenvalue weighted by molar-refractivity contribution is -0.384. The smallest absolute Gasteiger partial charge is 0.258 e. The number of hydrogen-bond donors (Lipinski definition) is 0. The van der Waals surface area contributed by atoms with Gasteiger partial charge >= 0.3 is 0 Å². The summed E-state index contributed by atoms with van der Waals surface area (Å²) in [4.78, 5) is 15.0. The Kier molecular flexibility index (Phi) is 3.37. The second-order valence-electron chi connectivity index (χ2n) is 6.55. The molecule has 0 aliphatic heterocycles. The molecule has 128 valence electrons. The minimum Gasteiger partial charge on any atom is -0.258 e. The van der Waals surface area contributed by atoms with Gasteiger partial charge in [0, 0.05) is 23.7 Å². The standard InChI is InChI=1S/C23H14N2O2/c26-25(27)19-10-4-15(5-11-19)14-24-21-13-9-18-7-6-16-2-1-3-17-8-12-20(21)23(18)22(16)17/h1-14H. The lowest BCUT2D eigenvalue weighted by Gasteiger charge is -2.11. The van der Waals surface area contributed by atoms with Crippen LogP contribution in [-0.4, -0.2) is 11.1 Å². The van der Waals surface area contributed by atoms with Crippen LogP contribution in [0.1, 0.15) is 5.56 Å². The third kappa shape index (κ3) is 2.50. The van der Waals surface area contributed by atoms with Crippen LogP contribution >= 0.6 is 0 Å². The SMILES string of the molecule is O=[N+]([O-])c1ccc(C=Nc2ccc3ccc4cccc5ccc2c3c45)cc1. The summed E-state index contributed by atoms with van der Waals surface area (Å²) in [5.74, 6) is 0. The first-order chi connectivity index (χ1) is 13.2. The van der Waals surface area contributed by atoms with E-state index < -0.39 is 4.92 Å². The fraction of sp³-hybridized carbons (Fsp3) is 0. The van der Waals surface area contributed by atoms with Gasteiger partial charge in [-0.15, -0.1) is 0 Å². The molecule has 0 saturated carbocycles. The highest BCUT2D eigenvalue weighted by Crippen LogP contribution is 2.38. The minimum atomic E-state index is -0.401. The van der Waals surface area contributed by atoms with E-state index in [9.17, 15) is 10.1 Å². The van der Waals surface area contributed by atoms with Gasteiger partial charge in [0.15, 0.2) is 0 Å². The van der Waals surface area contributed by atoms with E-state index in [1.165, 1.54) is 39.1 Å². The van der Waals surface area contributed by atoms with Gasteiger partial charge < -0.3 is 0 Å². The lowest BCUT2D eigenvalue weighted by atomic mass is 9.93. The van der Waals surface area contributed by atoms with Crippen LogP contribution in [0.4, 0.5) is 11.4 Å². The highest BCUT2D eigenvalue weighted by atomic mass is 16.6. The number of nitro groups is 1. The van der Waals surface area contributed by atoms with E-state index in [2.05, 4.69) is 53.5 Å². The van der Waals surface area contributed by atoms with E-state index in [1.807, 2.05) is 6.07 Å². The monoisotopic (exact) mass is 350 g/mol. The van der Waals surface area contributed by atoms with E-state index in [4.69, 9.17) is 0 Å². The van der Waals surface area contributed by atoms with Crippen molar-refractivity contribution in [2.75, 3.05) is 0 Å². The molecule has 0 aromatic heterocycles. The summed E-state index contributed by atoms with van der Waals surface area (Å²) in [6.07, 6.45) is 1.75. The van der Waals surface area contributed by atoms with Gasteiger partial charge in [0.1, 0.15) is 0 Å². The predicted molar refractivity (Wildman–Crippen MR) is 110 cm³/mol. The molecule has 5 rings (SSSR count). The Morgan fingerprint density at radius 3 is 2.07 bits per heavy atom. The Hall–Kier alpha value is -3.79. The zero-order valence-corrected chi connectivity index (χ0v) is 14.3. The van der Waals surface area contributed by atoms with Crippen LogP contribution in [0.15, 0.2) is 83.9 Å². The average molecular weight is 350 g/mol. The second-order valence-corrected chi connectivity index (χ2v) is 6.55. The number of rotatable bonds is 3. The van der Waals surface area contributed by atoms with Crippen molar-refractivity contribution < 1.29 is 4.92 Å². The van der Waals surface area contributed by atoms with Crippen molar-refractivity contribution in [3.8, 4) is 0 Å². The van der Waals surface area contributed by atoms with Gasteiger partial charge in [-0.2, -0.15) is 0 Å². The Morgan fingerprint density at radius 2 is 1.37 bits per heavy atom. The largest absolute Gasteiger partial charge is 0.269 e. The molecule has 0 heterocycles. The van der Waals surface area contributed by atoms with Crippen LogP contribution in [0, 0.1) is 10.1 Å². The Balaban J connectivity index is 1.66. The molecule has 0 aliphatic rings. The van der Waals surface area contributed by atoms with Crippen molar-refractivity contribution in [3.63, 3.8) is 0 Å². The van der Waals surface area contributed by atoms with E-state index >= 15 is 0 Å². The van der Waals surface area contributed by atoms with Crippen LogP contribution < -0.4 is 0 Å². The number of nitrogens with zero attached hydrogens (tertiary/aromatic N) is 2. The molecule has 0 N–H and O–H groups in total. The number of non-ortho nitro benzene ring substituents is 1. The van der Waals surface area contributed by atoms with Gasteiger partial charge in [-0.1, -0.05) is 48.5 Å². The molecule has 0 saturated heterocycles. The first kappa shape index (κ1) is 15.5. The van der Waals surface area contributed by atoms with Crippen LogP contribution in [0.5, 0.6) is 0 Å². The van der Waals surface area contributed by atoms with Crippen molar-refractivity contribution in [2.45, 2.75) is 0 Å². The summed E-state index contributed by atoms with van der Waals surface area (Å²) in [5.41, 5.74) is 1.79. The van der Waals surface area contributed by atoms with Gasteiger partial charge in [-0.05, 0) is 50.7 Å². The summed E-state index contributed by atoms with van der Waals surface area (Å²) >= 11 is 0. The highest BCUT2D eigenvalue weighted by Gasteiger charge is 2.10. The molecule has 0 radical (unpaired) electrons. The average Bonchev–Trinajstić information content (AvgIpc) is 2.71. The zero-order valence-electron chi connectivity index (χ0n) is 14.3. The molecule has 0 spiro atoms. The summed E-state index contributed by atoms with van der Waals surface area (Å²) < 4.78 is 0. The Bertz CT molecular complexity index is 1320. The van der Waals surface area contributed by atoms with Crippen LogP contribution in [-0.2, 0) is 0 Å². The van der Waals surface area contributed by atoms with E-state index in [0.29, 0.717) is 0 Å². The molecule has 0 atom stereocenters. The highest BCUT2D eigenvalue weighted by molar-refractivity contribution is 6.25. The third-order valence-corrected chi connectivity index (χ3v) is 4.96. The number of hydrogen-bond acceptors (Lipinski definition) is 3. The lowest BCUT2D eigenvalue weighted by Crippen LogP contribution is -1.88. The Labute approximate surface area is 154 Å². The molecule has 0 amide bonds. The predicted octanol–water partition coefficient (Wildman–Crippen LogP) is 6.24. The first-order valence-electron chi connectivity index (χ1n) is 8.66. The molecule has 4 nitrogen and oxygen atoms in total. The fourth-order valence-corrected chi connectivity index (χ4v) is 3.66. The number of benzene rings is 5. The summed E-state index contributed by atoms with van der Waals surface area (Å²) in [6, 6.07) is 25.4. The van der Waals surface area contributed by atoms with Crippen molar-refractivity contribution in [3.05, 3.63) is 94.5 Å². The van der Waals surface area contributed by atoms with Crippen molar-refractivity contribution >= 4 is 49.9 Å². The fourth-order valence-electron chi connectivity index (χ4n) is 3.66. The summed E-state index contributed by atoms with van der Waals surface area (Å²) in [6.45, 7) is 0. The molecular weight excluding hydrogens is 336 g/mol. The first-order valence-corrected chi connectivity index (χ1v) is 8.66. The second kappa shape index (κ2) is 5.88. The topological polar surface area (TPSA) is 55.5 Å². The normalized spacial score (nSPS) is 11.9. The van der Waals surface area contributed by atoms with Crippen LogP contribution in [0.2, 0.25) is 0 Å². The minimum absolute atomic E-state index is 0.0786. The molecule has 27 heavy (non-hydrogen) atoms. The maximum atomic E-state index is 10.8. The quantitative estimate of drug-likeness (QED) is 0.167. The van der Waals surface area contributed by atoms with Gasteiger partial charge in [-0.3, -0.25) is 15.1 Å². The van der Waals surface area contributed by atoms with Crippen molar-refractivity contribution in [2.24, 2.45) is 4.99 Å². The van der Waals surface area contributed by atoms with E-state index in [0.717, 1.165) is 16.6 Å².